The van der Waals surface area contributed by atoms with Gasteiger partial charge in [0.15, 0.2) is 0 Å². The molecule has 1 aliphatic rings. The minimum atomic E-state index is -0.164. The molecule has 1 N–H and O–H groups in total. The SMILES string of the molecule is COCCNC(=O)CCC(=O)N1C[C@@H](C)Oc2ccc(Cl)cc21. The van der Waals surface area contributed by atoms with E-state index in [1.807, 2.05) is 6.92 Å². The molecule has 1 atom stereocenters. The summed E-state index contributed by atoms with van der Waals surface area (Å²) in [4.78, 5) is 25.8. The maximum atomic E-state index is 12.5. The molecule has 0 bridgehead atoms. The quantitative estimate of drug-likeness (QED) is 0.804. The van der Waals surface area contributed by atoms with Gasteiger partial charge in [0, 0.05) is 31.5 Å². The zero-order valence-electron chi connectivity index (χ0n) is 13.3. The number of carbonyl (C=O) groups excluding carboxylic acids is 2. The number of anilines is 1. The molecule has 0 spiro atoms. The Morgan fingerprint density at radius 3 is 2.96 bits per heavy atom. The molecule has 6 nitrogen and oxygen atoms in total. The minimum Gasteiger partial charge on any atom is -0.487 e. The largest absolute Gasteiger partial charge is 0.487 e. The van der Waals surface area contributed by atoms with Crippen molar-refractivity contribution in [3.05, 3.63) is 23.2 Å². The van der Waals surface area contributed by atoms with E-state index in [0.717, 1.165) is 0 Å². The van der Waals surface area contributed by atoms with E-state index in [9.17, 15) is 9.59 Å². The highest BCUT2D eigenvalue weighted by atomic mass is 35.5. The van der Waals surface area contributed by atoms with Gasteiger partial charge in [-0.15, -0.1) is 0 Å². The normalized spacial score (nSPS) is 16.5. The van der Waals surface area contributed by atoms with Gasteiger partial charge >= 0.3 is 0 Å². The van der Waals surface area contributed by atoms with Crippen molar-refractivity contribution in [2.24, 2.45) is 0 Å². The molecular formula is C16H21ClN2O4. The second-order valence-electron chi connectivity index (χ2n) is 5.39. The molecule has 0 saturated carbocycles. The van der Waals surface area contributed by atoms with E-state index in [1.165, 1.54) is 0 Å². The first kappa shape index (κ1) is 17.6. The van der Waals surface area contributed by atoms with Crippen LogP contribution in [0.1, 0.15) is 19.8 Å². The monoisotopic (exact) mass is 340 g/mol. The van der Waals surface area contributed by atoms with Crippen molar-refractivity contribution in [2.45, 2.75) is 25.9 Å². The first-order valence-electron chi connectivity index (χ1n) is 7.53. The molecule has 0 radical (unpaired) electrons. The van der Waals surface area contributed by atoms with E-state index in [0.29, 0.717) is 36.2 Å². The van der Waals surface area contributed by atoms with Crippen LogP contribution in [0.15, 0.2) is 18.2 Å². The Hall–Kier alpha value is -1.79. The van der Waals surface area contributed by atoms with Crippen LogP contribution in [0.3, 0.4) is 0 Å². The number of halogens is 1. The predicted molar refractivity (Wildman–Crippen MR) is 88.0 cm³/mol. The lowest BCUT2D eigenvalue weighted by Crippen LogP contribution is -2.42. The first-order chi connectivity index (χ1) is 11.0. The lowest BCUT2D eigenvalue weighted by Gasteiger charge is -2.33. The summed E-state index contributed by atoms with van der Waals surface area (Å²) in [5.74, 6) is 0.347. The van der Waals surface area contributed by atoms with E-state index >= 15 is 0 Å². The Bertz CT molecular complexity index is 579. The summed E-state index contributed by atoms with van der Waals surface area (Å²) in [6.45, 7) is 3.23. The van der Waals surface area contributed by atoms with Crippen molar-refractivity contribution in [2.75, 3.05) is 31.7 Å². The number of nitrogens with one attached hydrogen (secondary N) is 1. The lowest BCUT2D eigenvalue weighted by atomic mass is 10.1. The summed E-state index contributed by atoms with van der Waals surface area (Å²) in [6.07, 6.45) is 0.171. The molecule has 0 aromatic heterocycles. The van der Waals surface area contributed by atoms with Crippen LogP contribution in [-0.2, 0) is 14.3 Å². The van der Waals surface area contributed by atoms with Gasteiger partial charge in [-0.05, 0) is 25.1 Å². The van der Waals surface area contributed by atoms with Gasteiger partial charge < -0.3 is 19.7 Å². The number of hydrogen-bond donors (Lipinski definition) is 1. The number of amides is 2. The van der Waals surface area contributed by atoms with Crippen LogP contribution in [0.2, 0.25) is 5.02 Å². The highest BCUT2D eigenvalue weighted by Crippen LogP contribution is 2.36. The van der Waals surface area contributed by atoms with Gasteiger partial charge in [-0.3, -0.25) is 9.59 Å². The topological polar surface area (TPSA) is 67.9 Å². The summed E-state index contributed by atoms with van der Waals surface area (Å²) in [6, 6.07) is 5.19. The summed E-state index contributed by atoms with van der Waals surface area (Å²) >= 11 is 6.01. The van der Waals surface area contributed by atoms with Gasteiger partial charge in [-0.1, -0.05) is 11.6 Å². The summed E-state index contributed by atoms with van der Waals surface area (Å²) in [5, 5.41) is 3.24. The van der Waals surface area contributed by atoms with E-state index < -0.39 is 0 Å². The number of benzene rings is 1. The molecule has 126 valence electrons. The average Bonchev–Trinajstić information content (AvgIpc) is 2.52. The first-order valence-corrected chi connectivity index (χ1v) is 7.91. The fourth-order valence-corrected chi connectivity index (χ4v) is 2.55. The van der Waals surface area contributed by atoms with Crippen LogP contribution in [0.4, 0.5) is 5.69 Å². The van der Waals surface area contributed by atoms with Crippen molar-refractivity contribution in [3.8, 4) is 5.75 Å². The number of fused-ring (bicyclic) bond motifs is 1. The minimum absolute atomic E-state index is 0.108. The molecule has 1 heterocycles. The highest BCUT2D eigenvalue weighted by molar-refractivity contribution is 6.31. The van der Waals surface area contributed by atoms with Crippen molar-refractivity contribution in [1.29, 1.82) is 0 Å². The van der Waals surface area contributed by atoms with Gasteiger partial charge in [0.05, 0.1) is 18.8 Å². The predicted octanol–water partition coefficient (Wildman–Crippen LogP) is 2.00. The Morgan fingerprint density at radius 1 is 1.43 bits per heavy atom. The molecule has 0 aliphatic carbocycles. The molecule has 1 aromatic carbocycles. The highest BCUT2D eigenvalue weighted by Gasteiger charge is 2.27. The van der Waals surface area contributed by atoms with Gasteiger partial charge in [-0.25, -0.2) is 0 Å². The molecule has 23 heavy (non-hydrogen) atoms. The number of rotatable bonds is 6. The summed E-state index contributed by atoms with van der Waals surface area (Å²) in [5.41, 5.74) is 0.653. The number of hydrogen-bond acceptors (Lipinski definition) is 4. The standard InChI is InChI=1S/C16H21ClN2O4/c1-11-10-19(13-9-12(17)3-4-14(13)23-11)16(21)6-5-15(20)18-7-8-22-2/h3-4,9,11H,5-8,10H2,1-2H3,(H,18,20)/t11-/m1/s1. The Kier molecular flexibility index (Phi) is 6.24. The number of carbonyl (C=O) groups is 2. The van der Waals surface area contributed by atoms with Crippen LogP contribution in [0, 0.1) is 0 Å². The average molecular weight is 341 g/mol. The lowest BCUT2D eigenvalue weighted by molar-refractivity contribution is -0.125. The molecule has 0 unspecified atom stereocenters. The molecule has 0 fully saturated rings. The van der Waals surface area contributed by atoms with Crippen LogP contribution < -0.4 is 15.0 Å². The van der Waals surface area contributed by atoms with Gasteiger partial charge in [0.25, 0.3) is 0 Å². The number of ether oxygens (including phenoxy) is 2. The van der Waals surface area contributed by atoms with Crippen LogP contribution in [-0.4, -0.2) is 44.7 Å². The fraction of sp³-hybridized carbons (Fsp3) is 0.500. The molecule has 2 rings (SSSR count). The fourth-order valence-electron chi connectivity index (χ4n) is 2.38. The maximum absolute atomic E-state index is 12.5. The summed E-state index contributed by atoms with van der Waals surface area (Å²) in [7, 11) is 1.57. The molecule has 2 amide bonds. The summed E-state index contributed by atoms with van der Waals surface area (Å²) < 4.78 is 10.6. The van der Waals surface area contributed by atoms with Crippen LogP contribution in [0.25, 0.3) is 0 Å². The third-order valence-corrected chi connectivity index (χ3v) is 3.71. The smallest absolute Gasteiger partial charge is 0.227 e. The van der Waals surface area contributed by atoms with Gasteiger partial charge in [0.2, 0.25) is 11.8 Å². The molecule has 1 aliphatic heterocycles. The van der Waals surface area contributed by atoms with E-state index in [-0.39, 0.29) is 30.8 Å². The second kappa shape index (κ2) is 8.17. The Labute approximate surface area is 140 Å². The number of methoxy groups -OCH3 is 1. The Morgan fingerprint density at radius 2 is 2.22 bits per heavy atom. The second-order valence-corrected chi connectivity index (χ2v) is 5.82. The number of nitrogens with zero attached hydrogens (tertiary/aromatic N) is 1. The maximum Gasteiger partial charge on any atom is 0.227 e. The zero-order valence-corrected chi connectivity index (χ0v) is 14.1. The van der Waals surface area contributed by atoms with Crippen molar-refractivity contribution >= 4 is 29.1 Å². The molecule has 7 heteroatoms. The van der Waals surface area contributed by atoms with Crippen molar-refractivity contribution in [1.82, 2.24) is 5.32 Å². The molecule has 1 aromatic rings. The van der Waals surface area contributed by atoms with Gasteiger partial charge in [0.1, 0.15) is 11.9 Å². The van der Waals surface area contributed by atoms with Crippen molar-refractivity contribution < 1.29 is 19.1 Å². The van der Waals surface area contributed by atoms with E-state index in [1.54, 1.807) is 30.2 Å². The van der Waals surface area contributed by atoms with E-state index in [2.05, 4.69) is 5.32 Å². The van der Waals surface area contributed by atoms with Gasteiger partial charge in [-0.2, -0.15) is 0 Å². The Balaban J connectivity index is 1.97. The van der Waals surface area contributed by atoms with E-state index in [4.69, 9.17) is 21.1 Å². The molecule has 0 saturated heterocycles. The molecular weight excluding hydrogens is 320 g/mol. The third-order valence-electron chi connectivity index (χ3n) is 3.47. The third kappa shape index (κ3) is 4.84. The van der Waals surface area contributed by atoms with Crippen molar-refractivity contribution in [3.63, 3.8) is 0 Å². The van der Waals surface area contributed by atoms with Crippen LogP contribution >= 0.6 is 11.6 Å². The van der Waals surface area contributed by atoms with Crippen LogP contribution in [0.5, 0.6) is 5.75 Å². The zero-order chi connectivity index (χ0) is 16.8.